The summed E-state index contributed by atoms with van der Waals surface area (Å²) >= 11 is 0. The van der Waals surface area contributed by atoms with E-state index < -0.39 is 0 Å². The molecule has 74 valence electrons. The van der Waals surface area contributed by atoms with Crippen molar-refractivity contribution in [3.05, 3.63) is 41.9 Å². The zero-order valence-electron chi connectivity index (χ0n) is 8.29. The van der Waals surface area contributed by atoms with Gasteiger partial charge in [-0.3, -0.25) is 5.01 Å². The van der Waals surface area contributed by atoms with Gasteiger partial charge >= 0.3 is 0 Å². The lowest BCUT2D eigenvalue weighted by atomic mass is 10.2. The second-order valence-corrected chi connectivity index (χ2v) is 3.56. The second-order valence-electron chi connectivity index (χ2n) is 3.56. The fourth-order valence-corrected chi connectivity index (χ4v) is 1.41. The maximum atomic E-state index is 13.3. The van der Waals surface area contributed by atoms with Crippen molar-refractivity contribution in [2.75, 3.05) is 5.01 Å². The van der Waals surface area contributed by atoms with Crippen molar-refractivity contribution >= 4 is 5.69 Å². The van der Waals surface area contributed by atoms with Crippen LogP contribution in [0.4, 0.5) is 10.1 Å². The molecule has 2 nitrogen and oxygen atoms in total. The molecule has 1 N–H and O–H groups in total. The Kier molecular flexibility index (Phi) is 2.25. The summed E-state index contributed by atoms with van der Waals surface area (Å²) in [6.45, 7) is 3.80. The van der Waals surface area contributed by atoms with Gasteiger partial charge in [-0.05, 0) is 37.6 Å². The number of nitrogens with one attached hydrogen (secondary N) is 1. The van der Waals surface area contributed by atoms with Gasteiger partial charge in [0, 0.05) is 12.2 Å². The predicted octanol–water partition coefficient (Wildman–Crippen LogP) is 2.36. The van der Waals surface area contributed by atoms with E-state index in [0.717, 1.165) is 5.69 Å². The van der Waals surface area contributed by atoms with E-state index in [-0.39, 0.29) is 5.82 Å². The molecule has 3 heteroatoms. The number of hydrogen-bond acceptors (Lipinski definition) is 2. The van der Waals surface area contributed by atoms with Gasteiger partial charge in [-0.2, -0.15) is 0 Å². The van der Waals surface area contributed by atoms with E-state index in [1.807, 2.05) is 30.3 Å². The average Bonchev–Trinajstić information content (AvgIpc) is 2.57. The van der Waals surface area contributed by atoms with Crippen molar-refractivity contribution in [3.8, 4) is 0 Å². The SMILES string of the molecule is Cc1ccc(N2C=CC(C)N2)cc1F. The number of hydrazine groups is 1. The molecule has 0 amide bonds. The van der Waals surface area contributed by atoms with Gasteiger partial charge in [0.2, 0.25) is 0 Å². The maximum Gasteiger partial charge on any atom is 0.128 e. The van der Waals surface area contributed by atoms with Gasteiger partial charge in [0.1, 0.15) is 5.82 Å². The highest BCUT2D eigenvalue weighted by molar-refractivity contribution is 5.50. The van der Waals surface area contributed by atoms with Crippen LogP contribution in [0.2, 0.25) is 0 Å². The Bertz CT molecular complexity index is 374. The molecule has 0 saturated heterocycles. The van der Waals surface area contributed by atoms with Gasteiger partial charge in [-0.15, -0.1) is 0 Å². The Hall–Kier alpha value is -1.35. The lowest BCUT2D eigenvalue weighted by molar-refractivity contribution is 0.615. The molecule has 1 aliphatic heterocycles. The molecule has 0 bridgehead atoms. The Morgan fingerprint density at radius 1 is 1.43 bits per heavy atom. The molecule has 1 heterocycles. The molecule has 14 heavy (non-hydrogen) atoms. The van der Waals surface area contributed by atoms with Crippen molar-refractivity contribution < 1.29 is 4.39 Å². The normalized spacial score (nSPS) is 20.5. The van der Waals surface area contributed by atoms with Gasteiger partial charge in [0.15, 0.2) is 0 Å². The number of rotatable bonds is 1. The highest BCUT2D eigenvalue weighted by atomic mass is 19.1. The van der Waals surface area contributed by atoms with Crippen LogP contribution >= 0.6 is 0 Å². The van der Waals surface area contributed by atoms with Crippen molar-refractivity contribution in [1.82, 2.24) is 5.43 Å². The number of nitrogens with zero attached hydrogens (tertiary/aromatic N) is 1. The summed E-state index contributed by atoms with van der Waals surface area (Å²) < 4.78 is 13.3. The third-order valence-electron chi connectivity index (χ3n) is 2.30. The number of halogens is 1. The third-order valence-corrected chi connectivity index (χ3v) is 2.30. The molecule has 0 aliphatic carbocycles. The summed E-state index contributed by atoms with van der Waals surface area (Å²) in [6.07, 6.45) is 3.94. The molecule has 1 aromatic carbocycles. The Balaban J connectivity index is 2.25. The Morgan fingerprint density at radius 3 is 2.79 bits per heavy atom. The lowest BCUT2D eigenvalue weighted by Crippen LogP contribution is -2.33. The van der Waals surface area contributed by atoms with Crippen LogP contribution in [-0.4, -0.2) is 6.04 Å². The average molecular weight is 192 g/mol. The van der Waals surface area contributed by atoms with Gasteiger partial charge in [0.05, 0.1) is 5.69 Å². The monoisotopic (exact) mass is 192 g/mol. The van der Waals surface area contributed by atoms with E-state index in [2.05, 4.69) is 5.43 Å². The zero-order valence-corrected chi connectivity index (χ0v) is 8.29. The van der Waals surface area contributed by atoms with E-state index in [0.29, 0.717) is 11.6 Å². The first-order chi connectivity index (χ1) is 6.66. The van der Waals surface area contributed by atoms with Crippen molar-refractivity contribution in [3.63, 3.8) is 0 Å². The molecule has 0 saturated carbocycles. The summed E-state index contributed by atoms with van der Waals surface area (Å²) in [5.41, 5.74) is 4.67. The summed E-state index contributed by atoms with van der Waals surface area (Å²) in [7, 11) is 0. The molecular formula is C11H13FN2. The van der Waals surface area contributed by atoms with Gasteiger partial charge in [0.25, 0.3) is 0 Å². The van der Waals surface area contributed by atoms with Crippen LogP contribution < -0.4 is 10.4 Å². The van der Waals surface area contributed by atoms with Crippen LogP contribution in [0.3, 0.4) is 0 Å². The van der Waals surface area contributed by atoms with E-state index in [9.17, 15) is 4.39 Å². The molecular weight excluding hydrogens is 179 g/mol. The molecule has 1 aromatic rings. The summed E-state index contributed by atoms with van der Waals surface area (Å²) in [6, 6.07) is 5.51. The number of anilines is 1. The minimum Gasteiger partial charge on any atom is -0.284 e. The fraction of sp³-hybridized carbons (Fsp3) is 0.273. The minimum absolute atomic E-state index is 0.169. The minimum atomic E-state index is -0.169. The number of benzene rings is 1. The van der Waals surface area contributed by atoms with E-state index in [1.54, 1.807) is 13.0 Å². The highest BCUT2D eigenvalue weighted by Gasteiger charge is 2.12. The van der Waals surface area contributed by atoms with Gasteiger partial charge in [-0.25, -0.2) is 9.82 Å². The summed E-state index contributed by atoms with van der Waals surface area (Å²) in [5, 5.41) is 1.83. The van der Waals surface area contributed by atoms with Crippen LogP contribution in [-0.2, 0) is 0 Å². The molecule has 2 rings (SSSR count). The van der Waals surface area contributed by atoms with Crippen LogP contribution in [0.1, 0.15) is 12.5 Å². The van der Waals surface area contributed by atoms with Gasteiger partial charge < -0.3 is 0 Å². The maximum absolute atomic E-state index is 13.3. The number of aryl methyl sites for hydroxylation is 1. The van der Waals surface area contributed by atoms with E-state index >= 15 is 0 Å². The van der Waals surface area contributed by atoms with Gasteiger partial charge in [-0.1, -0.05) is 6.07 Å². The van der Waals surface area contributed by atoms with Crippen LogP contribution in [0.15, 0.2) is 30.5 Å². The van der Waals surface area contributed by atoms with Crippen molar-refractivity contribution in [2.24, 2.45) is 0 Å². The summed E-state index contributed by atoms with van der Waals surface area (Å²) in [5.74, 6) is -0.169. The largest absolute Gasteiger partial charge is 0.284 e. The molecule has 1 unspecified atom stereocenters. The Morgan fingerprint density at radius 2 is 2.21 bits per heavy atom. The standard InChI is InChI=1S/C11H13FN2/c1-8-3-4-10(7-11(8)12)14-6-5-9(2)13-14/h3-7,9,13H,1-2H3. The second kappa shape index (κ2) is 3.42. The van der Waals surface area contributed by atoms with Crippen LogP contribution in [0, 0.1) is 12.7 Å². The van der Waals surface area contributed by atoms with Crippen LogP contribution in [0.5, 0.6) is 0 Å². The van der Waals surface area contributed by atoms with E-state index in [4.69, 9.17) is 0 Å². The smallest absolute Gasteiger partial charge is 0.128 e. The molecule has 0 fully saturated rings. The highest BCUT2D eigenvalue weighted by Crippen LogP contribution is 2.19. The topological polar surface area (TPSA) is 15.3 Å². The van der Waals surface area contributed by atoms with Crippen LogP contribution in [0.25, 0.3) is 0 Å². The van der Waals surface area contributed by atoms with E-state index in [1.165, 1.54) is 6.07 Å². The number of hydrogen-bond donors (Lipinski definition) is 1. The zero-order chi connectivity index (χ0) is 10.1. The quantitative estimate of drug-likeness (QED) is 0.734. The first-order valence-corrected chi connectivity index (χ1v) is 4.67. The lowest BCUT2D eigenvalue weighted by Gasteiger charge is -2.18. The first-order valence-electron chi connectivity index (χ1n) is 4.67. The molecule has 0 aromatic heterocycles. The first kappa shape index (κ1) is 9.21. The van der Waals surface area contributed by atoms with Crippen molar-refractivity contribution in [1.29, 1.82) is 0 Å². The molecule has 1 atom stereocenters. The molecule has 0 radical (unpaired) electrons. The third kappa shape index (κ3) is 1.63. The predicted molar refractivity (Wildman–Crippen MR) is 55.4 cm³/mol. The Labute approximate surface area is 83.0 Å². The fourth-order valence-electron chi connectivity index (χ4n) is 1.41. The molecule has 0 spiro atoms. The van der Waals surface area contributed by atoms with Crippen molar-refractivity contribution in [2.45, 2.75) is 19.9 Å². The molecule has 1 aliphatic rings. The summed E-state index contributed by atoms with van der Waals surface area (Å²) in [4.78, 5) is 0.